The van der Waals surface area contributed by atoms with Gasteiger partial charge in [-0.1, -0.05) is 170 Å². The first-order valence-corrected chi connectivity index (χ1v) is 18.1. The highest BCUT2D eigenvalue weighted by atomic mass is 15.2. The molecule has 0 unspecified atom stereocenters. The van der Waals surface area contributed by atoms with E-state index in [9.17, 15) is 0 Å². The van der Waals surface area contributed by atoms with Crippen LogP contribution in [0.4, 0.5) is 34.1 Å². The summed E-state index contributed by atoms with van der Waals surface area (Å²) in [6.07, 6.45) is 0. The Bertz CT molecular complexity index is 2540. The predicted octanol–water partition coefficient (Wildman–Crippen LogP) is 11.1. The monoisotopic (exact) mass is 662 g/mol. The van der Waals surface area contributed by atoms with Gasteiger partial charge in [0.1, 0.15) is 0 Å². The molecule has 0 N–H and O–H groups in total. The molecular weight excluding hydrogens is 627 g/mol. The van der Waals surface area contributed by atoms with Crippen LogP contribution in [-0.2, 0) is 0 Å². The Morgan fingerprint density at radius 2 is 0.692 bits per heavy atom. The van der Waals surface area contributed by atoms with Crippen molar-refractivity contribution in [2.24, 2.45) is 0 Å². The first kappa shape index (κ1) is 30.3. The third kappa shape index (κ3) is 4.67. The van der Waals surface area contributed by atoms with Crippen LogP contribution in [0, 0.1) is 6.92 Å². The highest BCUT2D eigenvalue weighted by molar-refractivity contribution is 7.00. The second-order valence-electron chi connectivity index (χ2n) is 13.7. The largest absolute Gasteiger partial charge is 0.311 e. The Morgan fingerprint density at radius 1 is 0.327 bits per heavy atom. The molecule has 2 aliphatic heterocycles. The summed E-state index contributed by atoms with van der Waals surface area (Å²) in [4.78, 5) is 5.09. The van der Waals surface area contributed by atoms with Gasteiger partial charge < -0.3 is 9.80 Å². The van der Waals surface area contributed by atoms with E-state index in [2.05, 4.69) is 211 Å². The molecule has 0 amide bonds. The van der Waals surface area contributed by atoms with Crippen LogP contribution >= 0.6 is 0 Å². The number of rotatable bonds is 5. The minimum Gasteiger partial charge on any atom is -0.311 e. The molecule has 0 atom stereocenters. The van der Waals surface area contributed by atoms with Crippen LogP contribution in [0.5, 0.6) is 0 Å². The Labute approximate surface area is 306 Å². The second kappa shape index (κ2) is 12.3. The number of nitrogens with zero attached hydrogens (tertiary/aromatic N) is 2. The van der Waals surface area contributed by atoms with Gasteiger partial charge in [-0.3, -0.25) is 0 Å². The maximum Gasteiger partial charge on any atom is 0.252 e. The quantitative estimate of drug-likeness (QED) is 0.169. The maximum absolute atomic E-state index is 2.55. The van der Waals surface area contributed by atoms with Crippen LogP contribution in [0.2, 0.25) is 0 Å². The van der Waals surface area contributed by atoms with Crippen molar-refractivity contribution in [2.45, 2.75) is 6.92 Å². The molecule has 0 radical (unpaired) electrons. The topological polar surface area (TPSA) is 6.48 Å². The first-order chi connectivity index (χ1) is 25.8. The van der Waals surface area contributed by atoms with Crippen LogP contribution in [0.3, 0.4) is 0 Å². The molecule has 10 rings (SSSR count). The van der Waals surface area contributed by atoms with E-state index in [1.54, 1.807) is 0 Å². The fourth-order valence-corrected chi connectivity index (χ4v) is 8.61. The molecule has 0 aliphatic carbocycles. The number of anilines is 6. The van der Waals surface area contributed by atoms with E-state index in [0.717, 1.165) is 0 Å². The van der Waals surface area contributed by atoms with Gasteiger partial charge in [-0.15, -0.1) is 0 Å². The predicted molar refractivity (Wildman–Crippen MR) is 222 cm³/mol. The maximum atomic E-state index is 2.55. The minimum absolute atomic E-state index is 0.0688. The summed E-state index contributed by atoms with van der Waals surface area (Å²) in [7, 11) is 0. The molecule has 0 bridgehead atoms. The number of aryl methyl sites for hydroxylation is 1. The third-order valence-electron chi connectivity index (χ3n) is 10.8. The molecule has 8 aromatic rings. The van der Waals surface area contributed by atoms with Crippen molar-refractivity contribution < 1.29 is 0 Å². The lowest BCUT2D eigenvalue weighted by molar-refractivity contribution is 1.24. The van der Waals surface area contributed by atoms with Crippen molar-refractivity contribution >= 4 is 57.2 Å². The molecule has 0 spiro atoms. The summed E-state index contributed by atoms with van der Waals surface area (Å²) in [5.74, 6) is 0. The van der Waals surface area contributed by atoms with Crippen molar-refractivity contribution in [3.8, 4) is 33.4 Å². The van der Waals surface area contributed by atoms with Crippen molar-refractivity contribution in [3.63, 3.8) is 0 Å². The molecular formula is C49H35BN2. The zero-order valence-electron chi connectivity index (χ0n) is 28.9. The first-order valence-electron chi connectivity index (χ1n) is 18.1. The lowest BCUT2D eigenvalue weighted by Gasteiger charge is -2.45. The Morgan fingerprint density at radius 3 is 1.19 bits per heavy atom. The fraction of sp³-hybridized carbons (Fsp3) is 0.0204. The van der Waals surface area contributed by atoms with Crippen molar-refractivity contribution in [1.29, 1.82) is 0 Å². The average molecular weight is 663 g/mol. The molecule has 244 valence electrons. The normalized spacial score (nSPS) is 12.6. The summed E-state index contributed by atoms with van der Waals surface area (Å²) in [5.41, 5.74) is 19.7. The van der Waals surface area contributed by atoms with Crippen LogP contribution < -0.4 is 26.2 Å². The van der Waals surface area contributed by atoms with Crippen molar-refractivity contribution in [3.05, 3.63) is 200 Å². The SMILES string of the molecule is Cc1cccc(-c2ccccc2)c1N1c2ccccc2B2c3ccccc3N(c3c(-c4ccccc4)cccc3-c3ccccc3)c3cccc1c32. The zero-order valence-corrected chi connectivity index (χ0v) is 28.9. The van der Waals surface area contributed by atoms with Gasteiger partial charge >= 0.3 is 0 Å². The molecule has 2 aliphatic rings. The van der Waals surface area contributed by atoms with E-state index in [1.165, 1.54) is 89.5 Å². The lowest BCUT2D eigenvalue weighted by Crippen LogP contribution is -2.61. The summed E-state index contributed by atoms with van der Waals surface area (Å²) in [5, 5.41) is 0. The van der Waals surface area contributed by atoms with Crippen LogP contribution in [0.25, 0.3) is 33.4 Å². The third-order valence-corrected chi connectivity index (χ3v) is 10.8. The smallest absolute Gasteiger partial charge is 0.252 e. The highest BCUT2D eigenvalue weighted by Crippen LogP contribution is 2.50. The number of fused-ring (bicyclic) bond motifs is 4. The molecule has 2 nitrogen and oxygen atoms in total. The number of para-hydroxylation sites is 4. The molecule has 0 fully saturated rings. The van der Waals surface area contributed by atoms with Gasteiger partial charge in [0.15, 0.2) is 0 Å². The van der Waals surface area contributed by atoms with Gasteiger partial charge in [-0.05, 0) is 69.8 Å². The number of hydrogen-bond acceptors (Lipinski definition) is 2. The Balaban J connectivity index is 1.30. The number of hydrogen-bond donors (Lipinski definition) is 0. The van der Waals surface area contributed by atoms with Crippen LogP contribution in [0.1, 0.15) is 5.56 Å². The molecule has 0 saturated heterocycles. The van der Waals surface area contributed by atoms with Crippen LogP contribution in [-0.4, -0.2) is 6.71 Å². The Hall–Kier alpha value is -6.58. The zero-order chi connectivity index (χ0) is 34.6. The summed E-state index contributed by atoms with van der Waals surface area (Å²) in [6, 6.07) is 70.9. The van der Waals surface area contributed by atoms with E-state index < -0.39 is 0 Å². The van der Waals surface area contributed by atoms with E-state index >= 15 is 0 Å². The Kier molecular flexibility index (Phi) is 7.18. The molecule has 52 heavy (non-hydrogen) atoms. The molecule has 0 saturated carbocycles. The highest BCUT2D eigenvalue weighted by Gasteiger charge is 2.44. The van der Waals surface area contributed by atoms with E-state index in [1.807, 2.05) is 0 Å². The van der Waals surface area contributed by atoms with Gasteiger partial charge in [0.05, 0.1) is 11.4 Å². The van der Waals surface area contributed by atoms with E-state index in [-0.39, 0.29) is 6.71 Å². The van der Waals surface area contributed by atoms with Gasteiger partial charge in [0.2, 0.25) is 0 Å². The summed E-state index contributed by atoms with van der Waals surface area (Å²) >= 11 is 0. The molecule has 0 aromatic heterocycles. The van der Waals surface area contributed by atoms with Gasteiger partial charge in [-0.25, -0.2) is 0 Å². The van der Waals surface area contributed by atoms with E-state index in [0.29, 0.717) is 0 Å². The minimum atomic E-state index is 0.0688. The second-order valence-corrected chi connectivity index (χ2v) is 13.7. The van der Waals surface area contributed by atoms with Crippen molar-refractivity contribution in [2.75, 3.05) is 9.80 Å². The van der Waals surface area contributed by atoms with Crippen LogP contribution in [0.15, 0.2) is 194 Å². The molecule has 3 heteroatoms. The lowest BCUT2D eigenvalue weighted by atomic mass is 9.33. The van der Waals surface area contributed by atoms with Gasteiger partial charge in [0, 0.05) is 39.4 Å². The van der Waals surface area contributed by atoms with E-state index in [4.69, 9.17) is 0 Å². The number of benzene rings is 8. The molecule has 2 heterocycles. The average Bonchev–Trinajstić information content (AvgIpc) is 3.22. The fourth-order valence-electron chi connectivity index (χ4n) is 8.61. The summed E-state index contributed by atoms with van der Waals surface area (Å²) in [6.45, 7) is 2.31. The molecule has 8 aromatic carbocycles. The standard InChI is InChI=1S/C49H35BN2/c1-34-18-15-25-38(35-19-5-2-6-20-35)48(34)51-43-30-13-11-28-41(43)50-42-29-12-14-31-44(42)52(46-33-17-32-45(51)47(46)50)49-39(36-21-7-3-8-22-36)26-16-27-40(49)37-23-9-4-10-24-37/h2-33H,1H3. The van der Waals surface area contributed by atoms with Gasteiger partial charge in [0.25, 0.3) is 6.71 Å². The van der Waals surface area contributed by atoms with Gasteiger partial charge in [-0.2, -0.15) is 0 Å². The summed E-state index contributed by atoms with van der Waals surface area (Å²) < 4.78 is 0. The van der Waals surface area contributed by atoms with Crippen molar-refractivity contribution in [1.82, 2.24) is 0 Å².